The molecule has 2 aromatic rings. The Hall–Kier alpha value is -1.55. The second kappa shape index (κ2) is 5.40. The number of nitrogens with one attached hydrogen (secondary N) is 1. The number of aromatic nitrogens is 2. The fourth-order valence-electron chi connectivity index (χ4n) is 1.91. The van der Waals surface area contributed by atoms with Crippen molar-refractivity contribution in [1.82, 2.24) is 14.9 Å². The fraction of sp³-hybridized carbons (Fsp3) is 0.385. The molecular weight excluding hydrogens is 250 g/mol. The summed E-state index contributed by atoms with van der Waals surface area (Å²) in [5.74, 6) is 0.808. The van der Waals surface area contributed by atoms with E-state index >= 15 is 0 Å². The SMILES string of the molecule is Cc1nc2ccccc2n1CCNC(=O)C(C)Cl. The molecule has 2 rings (SSSR count). The average molecular weight is 266 g/mol. The number of carbonyl (C=O) groups excluding carboxylic acids is 1. The van der Waals surface area contributed by atoms with Crippen molar-refractivity contribution in [3.63, 3.8) is 0 Å². The van der Waals surface area contributed by atoms with Crippen molar-refractivity contribution in [3.05, 3.63) is 30.1 Å². The van der Waals surface area contributed by atoms with E-state index in [1.165, 1.54) is 0 Å². The van der Waals surface area contributed by atoms with Gasteiger partial charge in [-0.15, -0.1) is 11.6 Å². The molecule has 0 spiro atoms. The van der Waals surface area contributed by atoms with Gasteiger partial charge in [-0.1, -0.05) is 12.1 Å². The summed E-state index contributed by atoms with van der Waals surface area (Å²) in [5, 5.41) is 2.30. The maximum absolute atomic E-state index is 11.4. The molecule has 1 amide bonds. The highest BCUT2D eigenvalue weighted by atomic mass is 35.5. The number of rotatable bonds is 4. The number of hydrogen-bond donors (Lipinski definition) is 1. The van der Waals surface area contributed by atoms with Gasteiger partial charge in [0.1, 0.15) is 11.2 Å². The van der Waals surface area contributed by atoms with E-state index in [0.29, 0.717) is 13.1 Å². The molecule has 1 N–H and O–H groups in total. The van der Waals surface area contributed by atoms with Crippen LogP contribution in [0.25, 0.3) is 11.0 Å². The first-order chi connectivity index (χ1) is 8.59. The van der Waals surface area contributed by atoms with Crippen molar-refractivity contribution >= 4 is 28.5 Å². The molecular formula is C13H16ClN3O. The minimum absolute atomic E-state index is 0.140. The summed E-state index contributed by atoms with van der Waals surface area (Å²) in [6.45, 7) is 4.87. The van der Waals surface area contributed by atoms with Gasteiger partial charge in [0.05, 0.1) is 11.0 Å². The van der Waals surface area contributed by atoms with Gasteiger partial charge in [0.25, 0.3) is 0 Å². The van der Waals surface area contributed by atoms with Crippen LogP contribution in [-0.4, -0.2) is 27.4 Å². The Morgan fingerprint density at radius 1 is 1.50 bits per heavy atom. The molecule has 18 heavy (non-hydrogen) atoms. The van der Waals surface area contributed by atoms with Crippen LogP contribution in [0.5, 0.6) is 0 Å². The molecule has 1 unspecified atom stereocenters. The van der Waals surface area contributed by atoms with Crippen molar-refractivity contribution in [2.75, 3.05) is 6.54 Å². The number of hydrogen-bond acceptors (Lipinski definition) is 2. The van der Waals surface area contributed by atoms with Gasteiger partial charge in [-0.25, -0.2) is 4.98 Å². The summed E-state index contributed by atoms with van der Waals surface area (Å²) >= 11 is 5.68. The molecule has 0 fully saturated rings. The number of benzene rings is 1. The average Bonchev–Trinajstić information content (AvgIpc) is 2.65. The zero-order valence-electron chi connectivity index (χ0n) is 10.5. The molecule has 0 saturated heterocycles. The summed E-state index contributed by atoms with van der Waals surface area (Å²) in [6.07, 6.45) is 0. The Kier molecular flexibility index (Phi) is 3.87. The first kappa shape index (κ1) is 12.9. The molecule has 5 heteroatoms. The lowest BCUT2D eigenvalue weighted by Crippen LogP contribution is -2.32. The lowest BCUT2D eigenvalue weighted by atomic mass is 10.3. The number of imidazole rings is 1. The largest absolute Gasteiger partial charge is 0.353 e. The van der Waals surface area contributed by atoms with Crippen LogP contribution in [-0.2, 0) is 11.3 Å². The molecule has 4 nitrogen and oxygen atoms in total. The fourth-order valence-corrected chi connectivity index (χ4v) is 1.99. The third-order valence-electron chi connectivity index (χ3n) is 2.84. The number of alkyl halides is 1. The lowest BCUT2D eigenvalue weighted by Gasteiger charge is -2.09. The molecule has 0 bridgehead atoms. The van der Waals surface area contributed by atoms with E-state index in [9.17, 15) is 4.79 Å². The van der Waals surface area contributed by atoms with E-state index in [2.05, 4.69) is 14.9 Å². The normalized spacial score (nSPS) is 12.6. The van der Waals surface area contributed by atoms with Crippen molar-refractivity contribution in [1.29, 1.82) is 0 Å². The van der Waals surface area contributed by atoms with Gasteiger partial charge in [-0.2, -0.15) is 0 Å². The Labute approximate surface area is 111 Å². The molecule has 0 saturated carbocycles. The van der Waals surface area contributed by atoms with E-state index < -0.39 is 5.38 Å². The van der Waals surface area contributed by atoms with Crippen molar-refractivity contribution in [3.8, 4) is 0 Å². The highest BCUT2D eigenvalue weighted by Gasteiger charge is 2.09. The summed E-state index contributed by atoms with van der Waals surface area (Å²) in [6, 6.07) is 7.97. The predicted molar refractivity (Wildman–Crippen MR) is 72.8 cm³/mol. The number of para-hydroxylation sites is 2. The topological polar surface area (TPSA) is 46.9 Å². The highest BCUT2D eigenvalue weighted by Crippen LogP contribution is 2.14. The molecule has 0 aliphatic rings. The van der Waals surface area contributed by atoms with Crippen molar-refractivity contribution in [2.45, 2.75) is 25.8 Å². The molecule has 0 aliphatic carbocycles. The first-order valence-electron chi connectivity index (χ1n) is 5.93. The van der Waals surface area contributed by atoms with Gasteiger partial charge in [-0.3, -0.25) is 4.79 Å². The van der Waals surface area contributed by atoms with Crippen LogP contribution in [0.1, 0.15) is 12.7 Å². The van der Waals surface area contributed by atoms with E-state index in [4.69, 9.17) is 11.6 Å². The van der Waals surface area contributed by atoms with Gasteiger partial charge < -0.3 is 9.88 Å². The Morgan fingerprint density at radius 2 is 2.22 bits per heavy atom. The maximum atomic E-state index is 11.4. The quantitative estimate of drug-likeness (QED) is 0.861. The molecule has 0 radical (unpaired) electrons. The molecule has 1 aromatic carbocycles. The number of carbonyl (C=O) groups is 1. The lowest BCUT2D eigenvalue weighted by molar-refractivity contribution is -0.120. The van der Waals surface area contributed by atoms with Crippen LogP contribution in [0.2, 0.25) is 0 Å². The molecule has 1 atom stereocenters. The Balaban J connectivity index is 2.08. The summed E-state index contributed by atoms with van der Waals surface area (Å²) < 4.78 is 2.09. The molecule has 1 heterocycles. The number of halogens is 1. The van der Waals surface area contributed by atoms with Crippen LogP contribution >= 0.6 is 11.6 Å². The van der Waals surface area contributed by atoms with E-state index in [1.807, 2.05) is 31.2 Å². The summed E-state index contributed by atoms with van der Waals surface area (Å²) in [4.78, 5) is 15.8. The second-order valence-electron chi connectivity index (χ2n) is 4.21. The molecule has 96 valence electrons. The zero-order valence-corrected chi connectivity index (χ0v) is 11.2. The van der Waals surface area contributed by atoms with Gasteiger partial charge in [-0.05, 0) is 26.0 Å². The zero-order chi connectivity index (χ0) is 13.1. The first-order valence-corrected chi connectivity index (χ1v) is 6.37. The van der Waals surface area contributed by atoms with E-state index in [-0.39, 0.29) is 5.91 Å². The minimum Gasteiger partial charge on any atom is -0.353 e. The van der Waals surface area contributed by atoms with Gasteiger partial charge in [0.2, 0.25) is 5.91 Å². The molecule has 0 aliphatic heterocycles. The number of nitrogens with zero attached hydrogens (tertiary/aromatic N) is 2. The van der Waals surface area contributed by atoms with Crippen LogP contribution in [0.4, 0.5) is 0 Å². The summed E-state index contributed by atoms with van der Waals surface area (Å²) in [5.41, 5.74) is 2.07. The summed E-state index contributed by atoms with van der Waals surface area (Å²) in [7, 11) is 0. The molecule has 1 aromatic heterocycles. The van der Waals surface area contributed by atoms with Crippen molar-refractivity contribution < 1.29 is 4.79 Å². The highest BCUT2D eigenvalue weighted by molar-refractivity contribution is 6.30. The third-order valence-corrected chi connectivity index (χ3v) is 3.04. The second-order valence-corrected chi connectivity index (χ2v) is 4.86. The predicted octanol–water partition coefficient (Wildman–Crippen LogP) is 2.09. The van der Waals surface area contributed by atoms with E-state index in [0.717, 1.165) is 16.9 Å². The van der Waals surface area contributed by atoms with Crippen molar-refractivity contribution in [2.24, 2.45) is 0 Å². The Bertz CT molecular complexity index is 562. The van der Waals surface area contributed by atoms with Crippen LogP contribution in [0.15, 0.2) is 24.3 Å². The number of fused-ring (bicyclic) bond motifs is 1. The standard InChI is InChI=1S/C13H16ClN3O/c1-9(14)13(18)15-7-8-17-10(2)16-11-5-3-4-6-12(11)17/h3-6,9H,7-8H2,1-2H3,(H,15,18). The van der Waals surface area contributed by atoms with Crippen LogP contribution in [0, 0.1) is 6.92 Å². The number of amides is 1. The minimum atomic E-state index is -0.495. The third kappa shape index (κ3) is 2.64. The monoisotopic (exact) mass is 265 g/mol. The van der Waals surface area contributed by atoms with Gasteiger partial charge >= 0.3 is 0 Å². The van der Waals surface area contributed by atoms with Gasteiger partial charge in [0, 0.05) is 13.1 Å². The number of aryl methyl sites for hydroxylation is 1. The Morgan fingerprint density at radius 3 is 2.94 bits per heavy atom. The van der Waals surface area contributed by atoms with Crippen LogP contribution in [0.3, 0.4) is 0 Å². The maximum Gasteiger partial charge on any atom is 0.237 e. The smallest absolute Gasteiger partial charge is 0.237 e. The van der Waals surface area contributed by atoms with Crippen LogP contribution < -0.4 is 5.32 Å². The van der Waals surface area contributed by atoms with Gasteiger partial charge in [0.15, 0.2) is 0 Å². The van der Waals surface area contributed by atoms with E-state index in [1.54, 1.807) is 6.92 Å².